The average molecular weight is 420 g/mol. The van der Waals surface area contributed by atoms with Crippen LogP contribution in [0.1, 0.15) is 45.9 Å². The quantitative estimate of drug-likeness (QED) is 0.516. The lowest BCUT2D eigenvalue weighted by Crippen LogP contribution is -2.22. The van der Waals surface area contributed by atoms with Gasteiger partial charge < -0.3 is 9.30 Å². The van der Waals surface area contributed by atoms with Gasteiger partial charge in [0.25, 0.3) is 0 Å². The van der Waals surface area contributed by atoms with Crippen molar-refractivity contribution in [3.8, 4) is 22.5 Å². The molecule has 1 saturated heterocycles. The van der Waals surface area contributed by atoms with Crippen LogP contribution in [0.3, 0.4) is 0 Å². The molecule has 1 aromatic carbocycles. The van der Waals surface area contributed by atoms with E-state index in [1.807, 2.05) is 24.4 Å². The van der Waals surface area contributed by atoms with Crippen molar-refractivity contribution in [3.05, 3.63) is 66.5 Å². The number of rotatable bonds is 4. The summed E-state index contributed by atoms with van der Waals surface area (Å²) in [5.74, 6) is 0.407. The molecule has 160 valence electrons. The predicted molar refractivity (Wildman–Crippen MR) is 119 cm³/mol. The van der Waals surface area contributed by atoms with Crippen molar-refractivity contribution in [1.82, 2.24) is 14.5 Å². The summed E-state index contributed by atoms with van der Waals surface area (Å²) in [6.07, 6.45) is 9.19. The predicted octanol–water partition coefficient (Wildman–Crippen LogP) is 5.62. The first-order chi connectivity index (χ1) is 14.8. The zero-order valence-electron chi connectivity index (χ0n) is 18.0. The van der Waals surface area contributed by atoms with Crippen molar-refractivity contribution in [2.75, 3.05) is 0 Å². The molecule has 3 heterocycles. The summed E-state index contributed by atoms with van der Waals surface area (Å²) in [7, 11) is 0. The second kappa shape index (κ2) is 8.46. The molecule has 0 amide bonds. The molecule has 1 atom stereocenters. The van der Waals surface area contributed by atoms with E-state index in [4.69, 9.17) is 9.72 Å². The number of ether oxygens (including phenoxy) is 1. The number of aromatic nitrogens is 3. The Bertz CT molecular complexity index is 1100. The van der Waals surface area contributed by atoms with Crippen LogP contribution < -0.4 is 0 Å². The van der Waals surface area contributed by atoms with Crippen LogP contribution in [0.4, 0.5) is 4.39 Å². The number of hydrogen-bond donors (Lipinski definition) is 0. The standard InChI is InChI=1S/C25H26FN3O2/c1-25(2,3)24-28-22(17-7-9-19(26)10-8-17)23(18-11-14-27-15-12-18)29(24)16-13-20-5-4-6-21(30)31-20/h7-16,20H,4-6H2,1-3H3/b16-13+. The largest absolute Gasteiger partial charge is 0.458 e. The smallest absolute Gasteiger partial charge is 0.306 e. The molecule has 2 aromatic heterocycles. The molecule has 5 nitrogen and oxygen atoms in total. The van der Waals surface area contributed by atoms with Gasteiger partial charge in [-0.05, 0) is 55.3 Å². The summed E-state index contributed by atoms with van der Waals surface area (Å²) in [5.41, 5.74) is 3.17. The van der Waals surface area contributed by atoms with Gasteiger partial charge in [-0.15, -0.1) is 0 Å². The maximum Gasteiger partial charge on any atom is 0.306 e. The first-order valence-corrected chi connectivity index (χ1v) is 10.5. The van der Waals surface area contributed by atoms with Crippen LogP contribution >= 0.6 is 0 Å². The third-order valence-electron chi connectivity index (χ3n) is 5.26. The molecule has 31 heavy (non-hydrogen) atoms. The Morgan fingerprint density at radius 1 is 1.10 bits per heavy atom. The molecule has 0 spiro atoms. The number of imidazole rings is 1. The highest BCUT2D eigenvalue weighted by Gasteiger charge is 2.27. The van der Waals surface area contributed by atoms with Crippen molar-refractivity contribution >= 4 is 12.2 Å². The number of carbonyl (C=O) groups excluding carboxylic acids is 1. The fourth-order valence-electron chi connectivity index (χ4n) is 3.75. The average Bonchev–Trinajstić information content (AvgIpc) is 3.13. The van der Waals surface area contributed by atoms with Gasteiger partial charge >= 0.3 is 5.97 Å². The number of hydrogen-bond acceptors (Lipinski definition) is 4. The summed E-state index contributed by atoms with van der Waals surface area (Å²) in [6, 6.07) is 10.2. The van der Waals surface area contributed by atoms with Crippen LogP contribution in [0.2, 0.25) is 0 Å². The molecule has 1 fully saturated rings. The minimum atomic E-state index is -0.288. The van der Waals surface area contributed by atoms with E-state index < -0.39 is 0 Å². The van der Waals surface area contributed by atoms with Gasteiger partial charge in [0.15, 0.2) is 0 Å². The molecule has 1 aliphatic heterocycles. The van der Waals surface area contributed by atoms with Gasteiger partial charge in [0.2, 0.25) is 0 Å². The highest BCUT2D eigenvalue weighted by atomic mass is 19.1. The van der Waals surface area contributed by atoms with Gasteiger partial charge in [0.1, 0.15) is 17.7 Å². The van der Waals surface area contributed by atoms with E-state index in [-0.39, 0.29) is 23.3 Å². The monoisotopic (exact) mass is 419 g/mol. The second-order valence-corrected chi connectivity index (χ2v) is 8.76. The van der Waals surface area contributed by atoms with Gasteiger partial charge in [-0.2, -0.15) is 0 Å². The van der Waals surface area contributed by atoms with Crippen molar-refractivity contribution in [3.63, 3.8) is 0 Å². The highest BCUT2D eigenvalue weighted by Crippen LogP contribution is 2.37. The Morgan fingerprint density at radius 2 is 1.81 bits per heavy atom. The second-order valence-electron chi connectivity index (χ2n) is 8.76. The van der Waals surface area contributed by atoms with Gasteiger partial charge in [-0.25, -0.2) is 9.37 Å². The van der Waals surface area contributed by atoms with E-state index in [1.54, 1.807) is 24.5 Å². The third kappa shape index (κ3) is 4.58. The lowest BCUT2D eigenvalue weighted by molar-refractivity contribution is -0.150. The van der Waals surface area contributed by atoms with E-state index in [9.17, 15) is 9.18 Å². The molecular formula is C25H26FN3O2. The van der Waals surface area contributed by atoms with Gasteiger partial charge in [-0.1, -0.05) is 20.8 Å². The molecule has 1 aliphatic rings. The molecule has 4 rings (SSSR count). The van der Waals surface area contributed by atoms with Crippen molar-refractivity contribution in [2.45, 2.75) is 51.6 Å². The van der Waals surface area contributed by atoms with E-state index >= 15 is 0 Å². The minimum absolute atomic E-state index is 0.163. The molecule has 0 radical (unpaired) electrons. The van der Waals surface area contributed by atoms with Gasteiger partial charge in [0.05, 0.1) is 11.4 Å². The van der Waals surface area contributed by atoms with Crippen LogP contribution in [-0.4, -0.2) is 26.6 Å². The van der Waals surface area contributed by atoms with Crippen molar-refractivity contribution in [2.24, 2.45) is 0 Å². The summed E-state index contributed by atoms with van der Waals surface area (Å²) in [6.45, 7) is 6.31. The zero-order chi connectivity index (χ0) is 22.0. The first-order valence-electron chi connectivity index (χ1n) is 10.5. The van der Waals surface area contributed by atoms with Gasteiger partial charge in [-0.3, -0.25) is 9.78 Å². The van der Waals surface area contributed by atoms with Crippen LogP contribution in [0.15, 0.2) is 54.9 Å². The topological polar surface area (TPSA) is 57.0 Å². The van der Waals surface area contributed by atoms with E-state index in [0.717, 1.165) is 41.2 Å². The maximum absolute atomic E-state index is 13.6. The zero-order valence-corrected chi connectivity index (χ0v) is 18.0. The van der Waals surface area contributed by atoms with Crippen molar-refractivity contribution < 1.29 is 13.9 Å². The number of carbonyl (C=O) groups is 1. The fraction of sp³-hybridized carbons (Fsp3) is 0.320. The summed E-state index contributed by atoms with van der Waals surface area (Å²) in [5, 5.41) is 0. The van der Waals surface area contributed by atoms with Crippen LogP contribution in [0, 0.1) is 5.82 Å². The molecule has 1 unspecified atom stereocenters. The highest BCUT2D eigenvalue weighted by molar-refractivity contribution is 5.80. The fourth-order valence-corrected chi connectivity index (χ4v) is 3.75. The Morgan fingerprint density at radius 3 is 2.45 bits per heavy atom. The summed E-state index contributed by atoms with van der Waals surface area (Å²) >= 11 is 0. The maximum atomic E-state index is 13.6. The first kappa shape index (κ1) is 21.0. The number of esters is 1. The van der Waals surface area contributed by atoms with E-state index in [1.165, 1.54) is 12.1 Å². The van der Waals surface area contributed by atoms with Crippen LogP contribution in [-0.2, 0) is 14.9 Å². The number of benzene rings is 1. The lowest BCUT2D eigenvalue weighted by Gasteiger charge is -2.21. The number of halogens is 1. The van der Waals surface area contributed by atoms with Crippen molar-refractivity contribution in [1.29, 1.82) is 0 Å². The summed E-state index contributed by atoms with van der Waals surface area (Å²) in [4.78, 5) is 20.8. The molecule has 0 saturated carbocycles. The molecule has 0 N–H and O–H groups in total. The van der Waals surface area contributed by atoms with Crippen LogP contribution in [0.25, 0.3) is 28.7 Å². The number of nitrogens with zero attached hydrogens (tertiary/aromatic N) is 3. The molecule has 3 aromatic rings. The molecule has 6 heteroatoms. The Balaban J connectivity index is 1.90. The summed E-state index contributed by atoms with van der Waals surface area (Å²) < 4.78 is 21.1. The van der Waals surface area contributed by atoms with Crippen LogP contribution in [0.5, 0.6) is 0 Å². The number of cyclic esters (lactones) is 1. The van der Waals surface area contributed by atoms with Gasteiger partial charge in [0, 0.05) is 41.6 Å². The Labute approximate surface area is 181 Å². The van der Waals surface area contributed by atoms with E-state index in [0.29, 0.717) is 6.42 Å². The SMILES string of the molecule is CC(C)(C)c1nc(-c2ccc(F)cc2)c(-c2ccncc2)n1/C=C/C1CCCC(=O)O1. The third-order valence-corrected chi connectivity index (χ3v) is 5.26. The Kier molecular flexibility index (Phi) is 5.72. The molecule has 0 aliphatic carbocycles. The minimum Gasteiger partial charge on any atom is -0.458 e. The lowest BCUT2D eigenvalue weighted by atomic mass is 9.95. The molecule has 0 bridgehead atoms. The Hall–Kier alpha value is -3.28. The normalized spacial score (nSPS) is 17.2. The van der Waals surface area contributed by atoms with E-state index in [2.05, 4.69) is 30.3 Å². The molecular weight excluding hydrogens is 393 g/mol. The number of pyridine rings is 1.